The minimum Gasteiger partial charge on any atom is -0.374 e. The van der Waals surface area contributed by atoms with Gasteiger partial charge in [-0.3, -0.25) is 4.79 Å². The van der Waals surface area contributed by atoms with Crippen molar-refractivity contribution in [3.05, 3.63) is 23.9 Å². The number of morpholine rings is 1. The van der Waals surface area contributed by atoms with Crippen molar-refractivity contribution in [1.29, 1.82) is 0 Å². The lowest BCUT2D eigenvalue weighted by Gasteiger charge is -2.43. The van der Waals surface area contributed by atoms with Gasteiger partial charge in [-0.15, -0.1) is 0 Å². The molecule has 1 aliphatic carbocycles. The van der Waals surface area contributed by atoms with Crippen LogP contribution in [0.15, 0.2) is 18.3 Å². The van der Waals surface area contributed by atoms with Crippen LogP contribution in [0, 0.1) is 0 Å². The summed E-state index contributed by atoms with van der Waals surface area (Å²) < 4.78 is 5.80. The first kappa shape index (κ1) is 13.3. The Bertz CT molecular complexity index is 475. The van der Waals surface area contributed by atoms with E-state index in [1.807, 2.05) is 4.90 Å². The molecule has 20 heavy (non-hydrogen) atoms. The van der Waals surface area contributed by atoms with Gasteiger partial charge < -0.3 is 15.1 Å². The summed E-state index contributed by atoms with van der Waals surface area (Å²) in [5, 5.41) is 0. The van der Waals surface area contributed by atoms with Gasteiger partial charge in [0, 0.05) is 12.7 Å². The fourth-order valence-electron chi connectivity index (χ4n) is 3.12. The molecule has 3 N–H and O–H groups in total. The summed E-state index contributed by atoms with van der Waals surface area (Å²) in [4.78, 5) is 18.7. The van der Waals surface area contributed by atoms with E-state index in [0.29, 0.717) is 24.5 Å². The summed E-state index contributed by atoms with van der Waals surface area (Å²) in [7, 11) is 0. The van der Waals surface area contributed by atoms with Crippen LogP contribution in [-0.2, 0) is 4.74 Å². The highest BCUT2D eigenvalue weighted by atomic mass is 16.5. The molecule has 2 atom stereocenters. The highest BCUT2D eigenvalue weighted by Crippen LogP contribution is 2.29. The summed E-state index contributed by atoms with van der Waals surface area (Å²) in [6, 6.07) is 3.70. The topological polar surface area (TPSA) is 80.5 Å². The molecular weight excluding hydrogens is 256 g/mol. The normalized spacial score (nSPS) is 25.9. The third-order valence-electron chi connectivity index (χ3n) is 4.15. The zero-order valence-electron chi connectivity index (χ0n) is 11.4. The van der Waals surface area contributed by atoms with E-state index in [2.05, 4.69) is 10.4 Å². The predicted molar refractivity (Wildman–Crippen MR) is 75.1 cm³/mol. The number of nitrogens with zero attached hydrogens (tertiary/aromatic N) is 2. The minimum atomic E-state index is 0.0428. The average molecular weight is 276 g/mol. The number of carbonyl (C=O) groups is 1. The van der Waals surface area contributed by atoms with E-state index in [1.54, 1.807) is 18.3 Å². The van der Waals surface area contributed by atoms with Crippen LogP contribution >= 0.6 is 0 Å². The van der Waals surface area contributed by atoms with Gasteiger partial charge in [0.1, 0.15) is 5.82 Å². The molecule has 1 saturated carbocycles. The molecule has 2 aliphatic rings. The Kier molecular flexibility index (Phi) is 3.84. The molecule has 0 aromatic carbocycles. The molecule has 2 unspecified atom stereocenters. The standard InChI is InChI=1S/C14H20N4O2/c15-17-13-6-5-10(9-16-13)14(19)18-7-8-20-12-4-2-1-3-11(12)18/h5-6,9,11-12H,1-4,7-8,15H2,(H,16,17). The Labute approximate surface area is 118 Å². The first-order valence-corrected chi connectivity index (χ1v) is 7.15. The van der Waals surface area contributed by atoms with Gasteiger partial charge in [0.2, 0.25) is 0 Å². The second-order valence-corrected chi connectivity index (χ2v) is 5.34. The van der Waals surface area contributed by atoms with Gasteiger partial charge in [0.25, 0.3) is 5.91 Å². The van der Waals surface area contributed by atoms with E-state index in [4.69, 9.17) is 10.6 Å². The van der Waals surface area contributed by atoms with E-state index in [9.17, 15) is 4.79 Å². The minimum absolute atomic E-state index is 0.0428. The summed E-state index contributed by atoms with van der Waals surface area (Å²) in [6.07, 6.45) is 6.24. The summed E-state index contributed by atoms with van der Waals surface area (Å²) in [5.41, 5.74) is 3.07. The Morgan fingerprint density at radius 2 is 2.25 bits per heavy atom. The molecular formula is C14H20N4O2. The number of nitrogen functional groups attached to an aromatic ring is 1. The van der Waals surface area contributed by atoms with Crippen molar-refractivity contribution in [2.45, 2.75) is 37.8 Å². The van der Waals surface area contributed by atoms with Crippen molar-refractivity contribution in [2.24, 2.45) is 5.84 Å². The van der Waals surface area contributed by atoms with Crippen LogP contribution in [-0.4, -0.2) is 41.1 Å². The van der Waals surface area contributed by atoms with Crippen LogP contribution in [0.4, 0.5) is 5.82 Å². The molecule has 0 spiro atoms. The average Bonchev–Trinajstić information content (AvgIpc) is 2.54. The number of hydrogen-bond donors (Lipinski definition) is 2. The smallest absolute Gasteiger partial charge is 0.255 e. The summed E-state index contributed by atoms with van der Waals surface area (Å²) >= 11 is 0. The number of aromatic nitrogens is 1. The molecule has 0 radical (unpaired) electrons. The molecule has 108 valence electrons. The molecule has 6 nitrogen and oxygen atoms in total. The monoisotopic (exact) mass is 276 g/mol. The second kappa shape index (κ2) is 5.76. The largest absolute Gasteiger partial charge is 0.374 e. The Morgan fingerprint density at radius 3 is 3.00 bits per heavy atom. The van der Waals surface area contributed by atoms with Crippen LogP contribution in [0.2, 0.25) is 0 Å². The van der Waals surface area contributed by atoms with E-state index >= 15 is 0 Å². The maximum Gasteiger partial charge on any atom is 0.255 e. The quantitative estimate of drug-likeness (QED) is 0.625. The van der Waals surface area contributed by atoms with Crippen LogP contribution in [0.3, 0.4) is 0 Å². The number of fused-ring (bicyclic) bond motifs is 1. The van der Waals surface area contributed by atoms with Crippen molar-refractivity contribution >= 4 is 11.7 Å². The Hall–Kier alpha value is -1.66. The van der Waals surface area contributed by atoms with Crippen molar-refractivity contribution < 1.29 is 9.53 Å². The molecule has 1 saturated heterocycles. The third kappa shape index (κ3) is 2.48. The van der Waals surface area contributed by atoms with E-state index in [0.717, 1.165) is 12.8 Å². The number of hydrogen-bond acceptors (Lipinski definition) is 5. The third-order valence-corrected chi connectivity index (χ3v) is 4.15. The molecule has 2 fully saturated rings. The fourth-order valence-corrected chi connectivity index (χ4v) is 3.12. The maximum absolute atomic E-state index is 12.6. The number of rotatable bonds is 2. The number of nitrogens with two attached hydrogens (primary N) is 1. The highest BCUT2D eigenvalue weighted by Gasteiger charge is 2.36. The molecule has 3 rings (SSSR count). The first-order valence-electron chi connectivity index (χ1n) is 7.15. The lowest BCUT2D eigenvalue weighted by molar-refractivity contribution is -0.0752. The zero-order chi connectivity index (χ0) is 13.9. The number of nitrogens with one attached hydrogen (secondary N) is 1. The lowest BCUT2D eigenvalue weighted by atomic mass is 9.90. The number of carbonyl (C=O) groups excluding carboxylic acids is 1. The van der Waals surface area contributed by atoms with Crippen LogP contribution in [0.1, 0.15) is 36.0 Å². The van der Waals surface area contributed by atoms with Gasteiger partial charge in [-0.25, -0.2) is 10.8 Å². The highest BCUT2D eigenvalue weighted by molar-refractivity contribution is 5.94. The fraction of sp³-hybridized carbons (Fsp3) is 0.571. The Morgan fingerprint density at radius 1 is 1.40 bits per heavy atom. The van der Waals surface area contributed by atoms with Gasteiger partial charge >= 0.3 is 0 Å². The van der Waals surface area contributed by atoms with Gasteiger partial charge in [-0.05, 0) is 25.0 Å². The molecule has 6 heteroatoms. The van der Waals surface area contributed by atoms with Crippen LogP contribution in [0.25, 0.3) is 0 Å². The molecule has 1 aromatic heterocycles. The van der Waals surface area contributed by atoms with E-state index in [-0.39, 0.29) is 18.1 Å². The van der Waals surface area contributed by atoms with Crippen LogP contribution in [0.5, 0.6) is 0 Å². The SMILES string of the molecule is NNc1ccc(C(=O)N2CCOC3CCCCC32)cn1. The van der Waals surface area contributed by atoms with Gasteiger partial charge in [0.15, 0.2) is 0 Å². The number of hydrazine groups is 1. The maximum atomic E-state index is 12.6. The molecule has 0 bridgehead atoms. The van der Waals surface area contributed by atoms with E-state index < -0.39 is 0 Å². The van der Waals surface area contributed by atoms with Crippen LogP contribution < -0.4 is 11.3 Å². The number of ether oxygens (including phenoxy) is 1. The van der Waals surface area contributed by atoms with Crippen molar-refractivity contribution in [2.75, 3.05) is 18.6 Å². The number of pyridine rings is 1. The Balaban J connectivity index is 1.77. The van der Waals surface area contributed by atoms with E-state index in [1.165, 1.54) is 12.8 Å². The summed E-state index contributed by atoms with van der Waals surface area (Å²) in [5.74, 6) is 5.88. The van der Waals surface area contributed by atoms with Gasteiger partial charge in [0.05, 0.1) is 24.3 Å². The molecule has 2 heterocycles. The first-order chi connectivity index (χ1) is 9.79. The summed E-state index contributed by atoms with van der Waals surface area (Å²) in [6.45, 7) is 1.29. The number of anilines is 1. The number of amides is 1. The van der Waals surface area contributed by atoms with Gasteiger partial charge in [-0.1, -0.05) is 12.8 Å². The zero-order valence-corrected chi connectivity index (χ0v) is 11.4. The lowest BCUT2D eigenvalue weighted by Crippen LogP contribution is -2.54. The van der Waals surface area contributed by atoms with Crippen molar-refractivity contribution in [1.82, 2.24) is 9.88 Å². The predicted octanol–water partition coefficient (Wildman–Crippen LogP) is 1.15. The van der Waals surface area contributed by atoms with Gasteiger partial charge in [-0.2, -0.15) is 0 Å². The molecule has 1 aromatic rings. The van der Waals surface area contributed by atoms with Crippen molar-refractivity contribution in [3.8, 4) is 0 Å². The second-order valence-electron chi connectivity index (χ2n) is 5.34. The molecule has 1 amide bonds. The van der Waals surface area contributed by atoms with Crippen molar-refractivity contribution in [3.63, 3.8) is 0 Å². The molecule has 1 aliphatic heterocycles.